The Hall–Kier alpha value is -1.53. The van der Waals surface area contributed by atoms with E-state index in [1.54, 1.807) is 0 Å². The summed E-state index contributed by atoms with van der Waals surface area (Å²) in [5, 5.41) is 12.1. The molecular formula is C17H24N2O. The van der Waals surface area contributed by atoms with Gasteiger partial charge in [0, 0.05) is 19.0 Å². The van der Waals surface area contributed by atoms with Crippen molar-refractivity contribution in [2.45, 2.75) is 57.5 Å². The van der Waals surface area contributed by atoms with E-state index in [2.05, 4.69) is 23.5 Å². The predicted molar refractivity (Wildman–Crippen MR) is 80.5 cm³/mol. The van der Waals surface area contributed by atoms with Gasteiger partial charge in [0.25, 0.3) is 0 Å². The van der Waals surface area contributed by atoms with Gasteiger partial charge in [-0.3, -0.25) is 0 Å². The van der Waals surface area contributed by atoms with E-state index in [4.69, 9.17) is 10.00 Å². The van der Waals surface area contributed by atoms with E-state index < -0.39 is 0 Å². The van der Waals surface area contributed by atoms with Gasteiger partial charge in [-0.1, -0.05) is 31.4 Å². The standard InChI is InChI=1S/C17H24N2O/c18-11-4-5-12-20-17-10-6-7-15(13-17)14-19-16-8-2-1-3-9-16/h6-7,10,13,16,19H,1-5,8-9,12,14H2. The van der Waals surface area contributed by atoms with Crippen LogP contribution in [0.5, 0.6) is 5.75 Å². The highest BCUT2D eigenvalue weighted by Gasteiger charge is 2.12. The molecule has 1 fully saturated rings. The van der Waals surface area contributed by atoms with Gasteiger partial charge < -0.3 is 10.1 Å². The molecule has 2 rings (SSSR count). The first-order valence-electron chi connectivity index (χ1n) is 7.70. The predicted octanol–water partition coefficient (Wildman–Crippen LogP) is 3.79. The Balaban J connectivity index is 1.75. The molecule has 0 aliphatic heterocycles. The third-order valence-electron chi connectivity index (χ3n) is 3.80. The average molecular weight is 272 g/mol. The Bertz CT molecular complexity index is 433. The summed E-state index contributed by atoms with van der Waals surface area (Å²) >= 11 is 0. The summed E-state index contributed by atoms with van der Waals surface area (Å²) in [5.41, 5.74) is 1.27. The molecule has 0 radical (unpaired) electrons. The molecule has 20 heavy (non-hydrogen) atoms. The maximum Gasteiger partial charge on any atom is 0.119 e. The van der Waals surface area contributed by atoms with E-state index >= 15 is 0 Å². The van der Waals surface area contributed by atoms with Crippen molar-refractivity contribution in [1.29, 1.82) is 5.26 Å². The van der Waals surface area contributed by atoms with Crippen LogP contribution in [-0.4, -0.2) is 12.6 Å². The number of unbranched alkanes of at least 4 members (excludes halogenated alkanes) is 1. The third-order valence-corrected chi connectivity index (χ3v) is 3.80. The van der Waals surface area contributed by atoms with Crippen molar-refractivity contribution in [2.75, 3.05) is 6.61 Å². The van der Waals surface area contributed by atoms with Gasteiger partial charge >= 0.3 is 0 Å². The highest BCUT2D eigenvalue weighted by Crippen LogP contribution is 2.19. The minimum atomic E-state index is 0.558. The van der Waals surface area contributed by atoms with Crippen molar-refractivity contribution < 1.29 is 4.74 Å². The molecule has 3 nitrogen and oxygen atoms in total. The molecule has 0 heterocycles. The highest BCUT2D eigenvalue weighted by molar-refractivity contribution is 5.28. The van der Waals surface area contributed by atoms with Crippen molar-refractivity contribution in [3.63, 3.8) is 0 Å². The summed E-state index contributed by atoms with van der Waals surface area (Å²) < 4.78 is 5.66. The SMILES string of the molecule is N#CCCCOc1cccc(CNC2CCCCC2)c1. The molecule has 3 heteroatoms. The van der Waals surface area contributed by atoms with Crippen molar-refractivity contribution in [3.8, 4) is 11.8 Å². The van der Waals surface area contributed by atoms with E-state index in [-0.39, 0.29) is 0 Å². The molecule has 0 unspecified atom stereocenters. The fourth-order valence-corrected chi connectivity index (χ4v) is 2.66. The van der Waals surface area contributed by atoms with Crippen LogP contribution in [0.15, 0.2) is 24.3 Å². The Morgan fingerprint density at radius 3 is 2.90 bits per heavy atom. The van der Waals surface area contributed by atoms with E-state index in [0.29, 0.717) is 19.1 Å². The molecule has 0 spiro atoms. The summed E-state index contributed by atoms with van der Waals surface area (Å²) in [4.78, 5) is 0. The van der Waals surface area contributed by atoms with Gasteiger partial charge in [0.15, 0.2) is 0 Å². The molecular weight excluding hydrogens is 248 g/mol. The molecule has 1 aromatic carbocycles. The van der Waals surface area contributed by atoms with Crippen LogP contribution in [0, 0.1) is 11.3 Å². The number of nitriles is 1. The molecule has 0 saturated heterocycles. The first kappa shape index (κ1) is 14.9. The minimum Gasteiger partial charge on any atom is -0.494 e. The van der Waals surface area contributed by atoms with Gasteiger partial charge in [0.1, 0.15) is 5.75 Å². The summed E-state index contributed by atoms with van der Waals surface area (Å²) in [7, 11) is 0. The molecule has 108 valence electrons. The van der Waals surface area contributed by atoms with E-state index in [0.717, 1.165) is 18.7 Å². The van der Waals surface area contributed by atoms with Crippen LogP contribution < -0.4 is 10.1 Å². The van der Waals surface area contributed by atoms with E-state index in [1.807, 2.05) is 12.1 Å². The number of hydrogen-bond donors (Lipinski definition) is 1. The topological polar surface area (TPSA) is 45.0 Å². The first-order chi connectivity index (χ1) is 9.88. The lowest BCUT2D eigenvalue weighted by molar-refractivity contribution is 0.312. The number of nitrogens with one attached hydrogen (secondary N) is 1. The van der Waals surface area contributed by atoms with Crippen LogP contribution in [0.4, 0.5) is 0 Å². The zero-order valence-corrected chi connectivity index (χ0v) is 12.1. The molecule has 0 amide bonds. The quantitative estimate of drug-likeness (QED) is 0.768. The van der Waals surface area contributed by atoms with Crippen LogP contribution >= 0.6 is 0 Å². The maximum atomic E-state index is 8.49. The fraction of sp³-hybridized carbons (Fsp3) is 0.588. The van der Waals surface area contributed by atoms with E-state index in [1.165, 1.54) is 37.7 Å². The largest absolute Gasteiger partial charge is 0.494 e. The number of rotatable bonds is 7. The molecule has 0 aromatic heterocycles. The Labute approximate surface area is 121 Å². The van der Waals surface area contributed by atoms with E-state index in [9.17, 15) is 0 Å². The van der Waals surface area contributed by atoms with Crippen molar-refractivity contribution >= 4 is 0 Å². The lowest BCUT2D eigenvalue weighted by atomic mass is 9.95. The monoisotopic (exact) mass is 272 g/mol. The molecule has 1 N–H and O–H groups in total. The maximum absolute atomic E-state index is 8.49. The number of nitrogens with zero attached hydrogens (tertiary/aromatic N) is 1. The van der Waals surface area contributed by atoms with Gasteiger partial charge in [-0.15, -0.1) is 0 Å². The number of hydrogen-bond acceptors (Lipinski definition) is 3. The smallest absolute Gasteiger partial charge is 0.119 e. The number of ether oxygens (including phenoxy) is 1. The summed E-state index contributed by atoms with van der Waals surface area (Å²) in [6.45, 7) is 1.53. The zero-order valence-electron chi connectivity index (χ0n) is 12.1. The molecule has 0 atom stereocenters. The van der Waals surface area contributed by atoms with Crippen LogP contribution in [0.25, 0.3) is 0 Å². The Morgan fingerprint density at radius 1 is 1.25 bits per heavy atom. The average Bonchev–Trinajstić information content (AvgIpc) is 2.51. The van der Waals surface area contributed by atoms with Gasteiger partial charge in [0.05, 0.1) is 12.7 Å². The Kier molecular flexibility index (Phi) is 6.40. The van der Waals surface area contributed by atoms with Gasteiger partial charge in [-0.05, 0) is 37.0 Å². The third kappa shape index (κ3) is 5.22. The van der Waals surface area contributed by atoms with Crippen molar-refractivity contribution in [3.05, 3.63) is 29.8 Å². The van der Waals surface area contributed by atoms with Gasteiger partial charge in [0.2, 0.25) is 0 Å². The van der Waals surface area contributed by atoms with Gasteiger partial charge in [-0.25, -0.2) is 0 Å². The highest BCUT2D eigenvalue weighted by atomic mass is 16.5. The Morgan fingerprint density at radius 2 is 2.10 bits per heavy atom. The molecule has 1 aliphatic rings. The number of benzene rings is 1. The van der Waals surface area contributed by atoms with Crippen LogP contribution in [0.2, 0.25) is 0 Å². The van der Waals surface area contributed by atoms with Crippen molar-refractivity contribution in [1.82, 2.24) is 5.32 Å². The summed E-state index contributed by atoms with van der Waals surface area (Å²) in [6.07, 6.45) is 8.09. The molecule has 1 saturated carbocycles. The molecule has 1 aromatic rings. The zero-order chi connectivity index (χ0) is 14.0. The summed E-state index contributed by atoms with van der Waals surface area (Å²) in [6, 6.07) is 11.1. The second kappa shape index (κ2) is 8.60. The van der Waals surface area contributed by atoms with Crippen LogP contribution in [0.1, 0.15) is 50.5 Å². The van der Waals surface area contributed by atoms with Crippen LogP contribution in [0.3, 0.4) is 0 Å². The normalized spacial score (nSPS) is 15.8. The molecule has 0 bridgehead atoms. The lowest BCUT2D eigenvalue weighted by Gasteiger charge is -2.23. The molecule has 1 aliphatic carbocycles. The van der Waals surface area contributed by atoms with Crippen LogP contribution in [-0.2, 0) is 6.54 Å². The van der Waals surface area contributed by atoms with Crippen molar-refractivity contribution in [2.24, 2.45) is 0 Å². The first-order valence-corrected chi connectivity index (χ1v) is 7.70. The second-order valence-corrected chi connectivity index (χ2v) is 5.47. The fourth-order valence-electron chi connectivity index (χ4n) is 2.66. The van der Waals surface area contributed by atoms with Gasteiger partial charge in [-0.2, -0.15) is 5.26 Å². The summed E-state index contributed by atoms with van der Waals surface area (Å²) in [5.74, 6) is 0.908. The lowest BCUT2D eigenvalue weighted by Crippen LogP contribution is -2.30. The second-order valence-electron chi connectivity index (χ2n) is 5.47. The minimum absolute atomic E-state index is 0.558.